The molecule has 0 spiro atoms. The number of amides is 1. The molecular weight excluding hydrogens is 322 g/mol. The van der Waals surface area contributed by atoms with Crippen LogP contribution in [-0.2, 0) is 21.8 Å². The van der Waals surface area contributed by atoms with Crippen LogP contribution in [0.3, 0.4) is 0 Å². The number of hydrogen-bond donors (Lipinski definition) is 1. The molecule has 1 aromatic heterocycles. The lowest BCUT2D eigenvalue weighted by Gasteiger charge is -2.23. The van der Waals surface area contributed by atoms with Crippen molar-refractivity contribution in [2.45, 2.75) is 44.7 Å². The molecule has 0 atom stereocenters. The van der Waals surface area contributed by atoms with Crippen molar-refractivity contribution in [3.8, 4) is 5.75 Å². The minimum absolute atomic E-state index is 0.0136. The van der Waals surface area contributed by atoms with Gasteiger partial charge in [0.2, 0.25) is 0 Å². The summed E-state index contributed by atoms with van der Waals surface area (Å²) < 4.78 is 7.49. The minimum atomic E-state index is -0.185. The number of rotatable bonds is 4. The molecule has 1 amide bonds. The van der Waals surface area contributed by atoms with Gasteiger partial charge in [0.05, 0.1) is 11.2 Å². The first kappa shape index (κ1) is 16.9. The molecule has 1 N–H and O–H groups in total. The normalized spacial score (nSPS) is 13.7. The SMILES string of the molecule is Cc1ccc(OCC(=O)Nc2c3c(nn2C(C)(C)C)CSC3)cc1. The molecular formula is C18H23N3O2S. The lowest BCUT2D eigenvalue weighted by molar-refractivity contribution is -0.118. The van der Waals surface area contributed by atoms with Crippen molar-refractivity contribution >= 4 is 23.5 Å². The van der Waals surface area contributed by atoms with Gasteiger partial charge < -0.3 is 10.1 Å². The van der Waals surface area contributed by atoms with Crippen molar-refractivity contribution in [1.29, 1.82) is 0 Å². The Morgan fingerprint density at radius 2 is 2.00 bits per heavy atom. The summed E-state index contributed by atoms with van der Waals surface area (Å²) in [4.78, 5) is 12.3. The van der Waals surface area contributed by atoms with Gasteiger partial charge in [0, 0.05) is 17.1 Å². The average molecular weight is 345 g/mol. The third-order valence-corrected chi connectivity index (χ3v) is 4.81. The van der Waals surface area contributed by atoms with E-state index in [9.17, 15) is 4.79 Å². The van der Waals surface area contributed by atoms with Gasteiger partial charge in [-0.3, -0.25) is 4.79 Å². The maximum absolute atomic E-state index is 12.3. The zero-order valence-electron chi connectivity index (χ0n) is 14.5. The summed E-state index contributed by atoms with van der Waals surface area (Å²) in [6.07, 6.45) is 0. The second-order valence-electron chi connectivity index (χ2n) is 7.00. The molecule has 1 aromatic carbocycles. The zero-order chi connectivity index (χ0) is 17.3. The van der Waals surface area contributed by atoms with Crippen LogP contribution in [0.1, 0.15) is 37.6 Å². The van der Waals surface area contributed by atoms with Crippen molar-refractivity contribution in [2.75, 3.05) is 11.9 Å². The van der Waals surface area contributed by atoms with Gasteiger partial charge in [0.25, 0.3) is 5.91 Å². The number of aryl methyl sites for hydroxylation is 1. The van der Waals surface area contributed by atoms with E-state index in [0.717, 1.165) is 34.1 Å². The molecule has 5 nitrogen and oxygen atoms in total. The Kier molecular flexibility index (Phi) is 4.58. The summed E-state index contributed by atoms with van der Waals surface area (Å²) in [7, 11) is 0. The number of nitrogens with one attached hydrogen (secondary N) is 1. The Hall–Kier alpha value is -1.95. The molecule has 24 heavy (non-hydrogen) atoms. The lowest BCUT2D eigenvalue weighted by atomic mass is 10.1. The van der Waals surface area contributed by atoms with E-state index in [-0.39, 0.29) is 18.1 Å². The molecule has 1 aliphatic heterocycles. The molecule has 2 heterocycles. The minimum Gasteiger partial charge on any atom is -0.484 e. The second kappa shape index (κ2) is 6.51. The van der Waals surface area contributed by atoms with Gasteiger partial charge in [0.1, 0.15) is 11.6 Å². The van der Waals surface area contributed by atoms with Crippen LogP contribution < -0.4 is 10.1 Å². The van der Waals surface area contributed by atoms with Crippen LogP contribution in [0.5, 0.6) is 5.75 Å². The van der Waals surface area contributed by atoms with E-state index in [2.05, 4.69) is 31.2 Å². The van der Waals surface area contributed by atoms with Crippen molar-refractivity contribution in [1.82, 2.24) is 9.78 Å². The van der Waals surface area contributed by atoms with Crippen LogP contribution in [-0.4, -0.2) is 22.3 Å². The van der Waals surface area contributed by atoms with Crippen molar-refractivity contribution in [2.24, 2.45) is 0 Å². The van der Waals surface area contributed by atoms with E-state index in [4.69, 9.17) is 4.74 Å². The predicted molar refractivity (Wildman–Crippen MR) is 97.5 cm³/mol. The molecule has 0 fully saturated rings. The summed E-state index contributed by atoms with van der Waals surface area (Å²) in [6.45, 7) is 8.26. The van der Waals surface area contributed by atoms with Crippen LogP contribution in [0.25, 0.3) is 0 Å². The monoisotopic (exact) mass is 345 g/mol. The van der Waals surface area contributed by atoms with Crippen molar-refractivity contribution in [3.05, 3.63) is 41.1 Å². The maximum atomic E-state index is 12.3. The average Bonchev–Trinajstić information content (AvgIpc) is 3.09. The molecule has 0 saturated carbocycles. The third kappa shape index (κ3) is 3.59. The Labute approximate surface area is 146 Å². The Morgan fingerprint density at radius 1 is 1.29 bits per heavy atom. The van der Waals surface area contributed by atoms with E-state index in [1.54, 1.807) is 0 Å². The number of fused-ring (bicyclic) bond motifs is 1. The van der Waals surface area contributed by atoms with Gasteiger partial charge in [0.15, 0.2) is 6.61 Å². The molecule has 0 unspecified atom stereocenters. The smallest absolute Gasteiger partial charge is 0.263 e. The number of anilines is 1. The van der Waals surface area contributed by atoms with Crippen molar-refractivity contribution in [3.63, 3.8) is 0 Å². The fourth-order valence-electron chi connectivity index (χ4n) is 2.58. The molecule has 0 radical (unpaired) electrons. The second-order valence-corrected chi connectivity index (χ2v) is 7.98. The van der Waals surface area contributed by atoms with E-state index < -0.39 is 0 Å². The van der Waals surface area contributed by atoms with E-state index in [1.165, 1.54) is 0 Å². The highest BCUT2D eigenvalue weighted by Gasteiger charge is 2.28. The summed E-state index contributed by atoms with van der Waals surface area (Å²) in [5.74, 6) is 3.13. The number of thioether (sulfide) groups is 1. The molecule has 3 rings (SSSR count). The van der Waals surface area contributed by atoms with Gasteiger partial charge in [-0.2, -0.15) is 16.9 Å². The van der Waals surface area contributed by atoms with E-state index in [1.807, 2.05) is 47.6 Å². The first-order chi connectivity index (χ1) is 11.3. The van der Waals surface area contributed by atoms with E-state index >= 15 is 0 Å². The topological polar surface area (TPSA) is 56.1 Å². The van der Waals surface area contributed by atoms with Crippen LogP contribution >= 0.6 is 11.8 Å². The van der Waals surface area contributed by atoms with Gasteiger partial charge >= 0.3 is 0 Å². The van der Waals surface area contributed by atoms with Gasteiger partial charge in [-0.05, 0) is 39.8 Å². The number of ether oxygens (including phenoxy) is 1. The van der Waals surface area contributed by atoms with Crippen molar-refractivity contribution < 1.29 is 9.53 Å². The molecule has 1 aliphatic rings. The number of nitrogens with zero attached hydrogens (tertiary/aromatic N) is 2. The number of aromatic nitrogens is 2. The Balaban J connectivity index is 1.71. The largest absolute Gasteiger partial charge is 0.484 e. The zero-order valence-corrected chi connectivity index (χ0v) is 15.4. The maximum Gasteiger partial charge on any atom is 0.263 e. The quantitative estimate of drug-likeness (QED) is 0.918. The number of carbonyl (C=O) groups is 1. The van der Waals surface area contributed by atoms with Crippen LogP contribution in [0, 0.1) is 6.92 Å². The highest BCUT2D eigenvalue weighted by atomic mass is 32.2. The third-order valence-electron chi connectivity index (χ3n) is 3.84. The summed E-state index contributed by atoms with van der Waals surface area (Å²) >= 11 is 1.82. The molecule has 6 heteroatoms. The predicted octanol–water partition coefficient (Wildman–Crippen LogP) is 3.71. The highest BCUT2D eigenvalue weighted by Crippen LogP contribution is 2.37. The fourth-order valence-corrected chi connectivity index (χ4v) is 3.61. The van der Waals surface area contributed by atoms with Crippen LogP contribution in [0.2, 0.25) is 0 Å². The summed E-state index contributed by atoms with van der Waals surface area (Å²) in [5.41, 5.74) is 3.19. The number of hydrogen-bond acceptors (Lipinski definition) is 4. The van der Waals surface area contributed by atoms with Crippen LogP contribution in [0.15, 0.2) is 24.3 Å². The standard InChI is InChI=1S/C18H23N3O2S/c1-12-5-7-13(8-6-12)23-9-16(22)19-17-14-10-24-11-15(14)20-21(17)18(2,3)4/h5-8H,9-11H2,1-4H3,(H,19,22). The first-order valence-electron chi connectivity index (χ1n) is 8.03. The summed E-state index contributed by atoms with van der Waals surface area (Å²) in [5, 5.41) is 7.69. The Morgan fingerprint density at radius 3 is 2.67 bits per heavy atom. The first-order valence-corrected chi connectivity index (χ1v) is 9.18. The van der Waals surface area contributed by atoms with Gasteiger partial charge in [-0.15, -0.1) is 0 Å². The van der Waals surface area contributed by atoms with Crippen LogP contribution in [0.4, 0.5) is 5.82 Å². The van der Waals surface area contributed by atoms with Gasteiger partial charge in [-0.25, -0.2) is 4.68 Å². The Bertz CT molecular complexity index is 745. The van der Waals surface area contributed by atoms with E-state index in [0.29, 0.717) is 5.75 Å². The molecule has 2 aromatic rings. The fraction of sp³-hybridized carbons (Fsp3) is 0.444. The molecule has 0 aliphatic carbocycles. The van der Waals surface area contributed by atoms with Gasteiger partial charge in [-0.1, -0.05) is 17.7 Å². The number of carbonyl (C=O) groups excluding carboxylic acids is 1. The lowest BCUT2D eigenvalue weighted by Crippen LogP contribution is -2.29. The summed E-state index contributed by atoms with van der Waals surface area (Å²) in [6, 6.07) is 7.67. The highest BCUT2D eigenvalue weighted by molar-refractivity contribution is 7.98. The molecule has 0 saturated heterocycles. The molecule has 0 bridgehead atoms. The number of benzene rings is 1. The molecule has 128 valence electrons.